The molecule has 1 aliphatic rings. The highest BCUT2D eigenvalue weighted by Gasteiger charge is 2.27. The van der Waals surface area contributed by atoms with Gasteiger partial charge in [0.25, 0.3) is 0 Å². The first-order valence-corrected chi connectivity index (χ1v) is 6.95. The minimum Gasteiger partial charge on any atom is -0.382 e. The predicted molar refractivity (Wildman–Crippen MR) is 71.0 cm³/mol. The number of rotatable bonds is 7. The molecule has 102 valence electrons. The lowest BCUT2D eigenvalue weighted by Gasteiger charge is -2.35. The van der Waals surface area contributed by atoms with E-state index in [0.29, 0.717) is 25.2 Å². The Morgan fingerprint density at radius 2 is 1.71 bits per heavy atom. The van der Waals surface area contributed by atoms with Crippen LogP contribution in [0.25, 0.3) is 0 Å². The van der Waals surface area contributed by atoms with Gasteiger partial charge in [-0.15, -0.1) is 0 Å². The molecule has 3 nitrogen and oxygen atoms in total. The molecule has 1 saturated carbocycles. The zero-order valence-corrected chi connectivity index (χ0v) is 11.7. The Morgan fingerprint density at radius 1 is 1.06 bits per heavy atom. The molecule has 0 bridgehead atoms. The van der Waals surface area contributed by atoms with Crippen molar-refractivity contribution in [1.82, 2.24) is 0 Å². The Hall–Kier alpha value is -0.120. The Labute approximate surface area is 106 Å². The second-order valence-electron chi connectivity index (χ2n) is 5.74. The van der Waals surface area contributed by atoms with Gasteiger partial charge in [0.05, 0.1) is 13.2 Å². The average molecular weight is 243 g/mol. The number of nitrogens with two attached hydrogens (primary N) is 1. The van der Waals surface area contributed by atoms with Crippen LogP contribution in [0.4, 0.5) is 0 Å². The van der Waals surface area contributed by atoms with Gasteiger partial charge >= 0.3 is 0 Å². The Balaban J connectivity index is 2.15. The van der Waals surface area contributed by atoms with Crippen LogP contribution < -0.4 is 5.73 Å². The van der Waals surface area contributed by atoms with E-state index in [1.54, 1.807) is 7.11 Å². The van der Waals surface area contributed by atoms with Gasteiger partial charge in [-0.3, -0.25) is 0 Å². The summed E-state index contributed by atoms with van der Waals surface area (Å²) in [6, 6.07) is 0.308. The van der Waals surface area contributed by atoms with Crippen LogP contribution in [0.15, 0.2) is 0 Å². The van der Waals surface area contributed by atoms with Gasteiger partial charge < -0.3 is 15.2 Å². The summed E-state index contributed by atoms with van der Waals surface area (Å²) >= 11 is 0. The average Bonchev–Trinajstić information content (AvgIpc) is 2.27. The van der Waals surface area contributed by atoms with E-state index in [9.17, 15) is 0 Å². The molecule has 0 aliphatic heterocycles. The second-order valence-corrected chi connectivity index (χ2v) is 5.74. The van der Waals surface area contributed by atoms with Crippen molar-refractivity contribution in [3.63, 3.8) is 0 Å². The molecular weight excluding hydrogens is 214 g/mol. The molecule has 0 saturated heterocycles. The first-order chi connectivity index (χ1) is 8.13. The monoisotopic (exact) mass is 243 g/mol. The van der Waals surface area contributed by atoms with E-state index in [0.717, 1.165) is 24.9 Å². The van der Waals surface area contributed by atoms with Crippen LogP contribution in [0.3, 0.4) is 0 Å². The zero-order chi connectivity index (χ0) is 12.7. The molecule has 0 aromatic carbocycles. The van der Waals surface area contributed by atoms with Gasteiger partial charge in [0.15, 0.2) is 0 Å². The van der Waals surface area contributed by atoms with Gasteiger partial charge in [0.1, 0.15) is 0 Å². The summed E-state index contributed by atoms with van der Waals surface area (Å²) in [5.41, 5.74) is 6.28. The summed E-state index contributed by atoms with van der Waals surface area (Å²) in [6.45, 7) is 6.83. The second kappa shape index (κ2) is 8.06. The quantitative estimate of drug-likeness (QED) is 0.699. The molecule has 0 aromatic rings. The number of ether oxygens (including phenoxy) is 2. The fraction of sp³-hybridized carbons (Fsp3) is 1.00. The molecule has 3 heteroatoms. The van der Waals surface area contributed by atoms with E-state index < -0.39 is 0 Å². The third kappa shape index (κ3) is 5.84. The maximum absolute atomic E-state index is 6.28. The van der Waals surface area contributed by atoms with E-state index >= 15 is 0 Å². The van der Waals surface area contributed by atoms with Crippen LogP contribution in [0.5, 0.6) is 0 Å². The van der Waals surface area contributed by atoms with E-state index in [4.69, 9.17) is 15.2 Å². The molecule has 0 amide bonds. The van der Waals surface area contributed by atoms with Crippen molar-refractivity contribution in [2.45, 2.75) is 45.6 Å². The van der Waals surface area contributed by atoms with E-state index in [1.807, 2.05) is 0 Å². The van der Waals surface area contributed by atoms with Crippen LogP contribution in [0.2, 0.25) is 0 Å². The smallest absolute Gasteiger partial charge is 0.0700 e. The molecule has 0 heterocycles. The molecule has 1 aliphatic carbocycles. The first kappa shape index (κ1) is 14.9. The predicted octanol–water partition coefficient (Wildman–Crippen LogP) is 2.44. The summed E-state index contributed by atoms with van der Waals surface area (Å²) < 4.78 is 10.4. The first-order valence-electron chi connectivity index (χ1n) is 6.95. The molecule has 17 heavy (non-hydrogen) atoms. The largest absolute Gasteiger partial charge is 0.382 e. The third-order valence-electron chi connectivity index (χ3n) is 3.85. The van der Waals surface area contributed by atoms with Crippen LogP contribution >= 0.6 is 0 Å². The number of methoxy groups -OCH3 is 1. The lowest BCUT2D eigenvalue weighted by Crippen LogP contribution is -2.36. The maximum atomic E-state index is 6.28. The van der Waals surface area contributed by atoms with Gasteiger partial charge in [0, 0.05) is 19.8 Å². The molecule has 2 N–H and O–H groups in total. The molecule has 1 fully saturated rings. The maximum Gasteiger partial charge on any atom is 0.0700 e. The van der Waals surface area contributed by atoms with Crippen molar-refractivity contribution >= 4 is 0 Å². The number of hydrogen-bond donors (Lipinski definition) is 1. The standard InChI is InChI=1S/C14H29NO2/c1-11-8-12(2)10-13(9-11)14(15)4-5-17-7-6-16-3/h11-14H,4-10,15H2,1-3H3. The van der Waals surface area contributed by atoms with Crippen molar-refractivity contribution in [2.24, 2.45) is 23.5 Å². The van der Waals surface area contributed by atoms with Gasteiger partial charge in [-0.05, 0) is 43.4 Å². The molecule has 0 aromatic heterocycles. The fourth-order valence-electron chi connectivity index (χ4n) is 3.06. The SMILES string of the molecule is COCCOCCC(N)C1CC(C)CC(C)C1. The molecule has 0 radical (unpaired) electrons. The highest BCUT2D eigenvalue weighted by Crippen LogP contribution is 2.34. The molecular formula is C14H29NO2. The van der Waals surface area contributed by atoms with Crippen LogP contribution in [-0.2, 0) is 9.47 Å². The summed E-state index contributed by atoms with van der Waals surface area (Å²) in [6.07, 6.45) is 4.94. The fourth-order valence-corrected chi connectivity index (χ4v) is 3.06. The van der Waals surface area contributed by atoms with Gasteiger partial charge in [0.2, 0.25) is 0 Å². The topological polar surface area (TPSA) is 44.5 Å². The van der Waals surface area contributed by atoms with Crippen molar-refractivity contribution in [3.8, 4) is 0 Å². The van der Waals surface area contributed by atoms with Crippen molar-refractivity contribution in [3.05, 3.63) is 0 Å². The zero-order valence-electron chi connectivity index (χ0n) is 11.7. The summed E-state index contributed by atoms with van der Waals surface area (Å²) in [5, 5.41) is 0. The minimum absolute atomic E-state index is 0.308. The van der Waals surface area contributed by atoms with Crippen LogP contribution in [0.1, 0.15) is 39.5 Å². The Bertz CT molecular complexity index is 189. The normalized spacial score (nSPS) is 31.4. The van der Waals surface area contributed by atoms with Gasteiger partial charge in [-0.25, -0.2) is 0 Å². The Kier molecular flexibility index (Phi) is 7.09. The van der Waals surface area contributed by atoms with E-state index in [-0.39, 0.29) is 0 Å². The van der Waals surface area contributed by atoms with Crippen molar-refractivity contribution in [1.29, 1.82) is 0 Å². The summed E-state index contributed by atoms with van der Waals surface area (Å²) in [5.74, 6) is 2.37. The van der Waals surface area contributed by atoms with Crippen molar-refractivity contribution < 1.29 is 9.47 Å². The van der Waals surface area contributed by atoms with Crippen LogP contribution in [-0.4, -0.2) is 33.0 Å². The van der Waals surface area contributed by atoms with Gasteiger partial charge in [-0.2, -0.15) is 0 Å². The molecule has 3 atom stereocenters. The summed E-state index contributed by atoms with van der Waals surface area (Å²) in [4.78, 5) is 0. The lowest BCUT2D eigenvalue weighted by atomic mass is 9.73. The highest BCUT2D eigenvalue weighted by molar-refractivity contribution is 4.81. The van der Waals surface area contributed by atoms with Crippen LogP contribution in [0, 0.1) is 17.8 Å². The van der Waals surface area contributed by atoms with Crippen molar-refractivity contribution in [2.75, 3.05) is 26.9 Å². The molecule has 3 unspecified atom stereocenters. The lowest BCUT2D eigenvalue weighted by molar-refractivity contribution is 0.0617. The molecule has 1 rings (SSSR count). The Morgan fingerprint density at radius 3 is 2.29 bits per heavy atom. The third-order valence-corrected chi connectivity index (χ3v) is 3.85. The van der Waals surface area contributed by atoms with E-state index in [2.05, 4.69) is 13.8 Å². The van der Waals surface area contributed by atoms with Gasteiger partial charge in [-0.1, -0.05) is 13.8 Å². The van der Waals surface area contributed by atoms with E-state index in [1.165, 1.54) is 19.3 Å². The summed E-state index contributed by atoms with van der Waals surface area (Å²) in [7, 11) is 1.69. The number of hydrogen-bond acceptors (Lipinski definition) is 3. The highest BCUT2D eigenvalue weighted by atomic mass is 16.5. The molecule has 0 spiro atoms. The minimum atomic E-state index is 0.308.